The fourth-order valence-corrected chi connectivity index (χ4v) is 4.15. The van der Waals surface area contributed by atoms with Crippen molar-refractivity contribution in [2.75, 3.05) is 19.9 Å². The fourth-order valence-electron chi connectivity index (χ4n) is 3.21. The zero-order valence-corrected chi connectivity index (χ0v) is 13.4. The molecule has 0 aromatic carbocycles. The summed E-state index contributed by atoms with van der Waals surface area (Å²) in [6.45, 7) is 0.343. The first-order valence-corrected chi connectivity index (χ1v) is 8.71. The topological polar surface area (TPSA) is 78.9 Å². The maximum atomic E-state index is 12.4. The van der Waals surface area contributed by atoms with E-state index in [1.165, 1.54) is 11.3 Å². The summed E-state index contributed by atoms with van der Waals surface area (Å²) < 4.78 is 5.22. The van der Waals surface area contributed by atoms with Crippen LogP contribution >= 0.6 is 11.8 Å². The second-order valence-electron chi connectivity index (χ2n) is 5.71. The van der Waals surface area contributed by atoms with Gasteiger partial charge in [0.15, 0.2) is 0 Å². The third-order valence-corrected chi connectivity index (χ3v) is 5.63. The van der Waals surface area contributed by atoms with E-state index in [4.69, 9.17) is 4.74 Å². The number of hydrogen-bond acceptors (Lipinski definition) is 4. The van der Waals surface area contributed by atoms with Gasteiger partial charge in [0.25, 0.3) is 0 Å². The second kappa shape index (κ2) is 7.35. The molecule has 1 heterocycles. The number of carboxylic acids is 1. The number of urea groups is 1. The highest BCUT2D eigenvalue weighted by atomic mass is 32.2. The van der Waals surface area contributed by atoms with Gasteiger partial charge in [-0.25, -0.2) is 9.59 Å². The number of ether oxygens (including phenoxy) is 1. The van der Waals surface area contributed by atoms with Gasteiger partial charge in [-0.15, -0.1) is 0 Å². The molecule has 0 aromatic rings. The van der Waals surface area contributed by atoms with Crippen molar-refractivity contribution >= 4 is 23.8 Å². The maximum Gasteiger partial charge on any atom is 0.326 e. The molecule has 0 aromatic heterocycles. The molecule has 2 N–H and O–H groups in total. The van der Waals surface area contributed by atoms with Crippen LogP contribution in [0.1, 0.15) is 32.1 Å². The number of nitrogens with one attached hydrogen (secondary N) is 1. The van der Waals surface area contributed by atoms with Crippen molar-refractivity contribution in [1.82, 2.24) is 10.2 Å². The molecule has 21 heavy (non-hydrogen) atoms. The Morgan fingerprint density at radius 2 is 2.05 bits per heavy atom. The Labute approximate surface area is 129 Å². The van der Waals surface area contributed by atoms with Crippen molar-refractivity contribution in [3.8, 4) is 0 Å². The van der Waals surface area contributed by atoms with Crippen LogP contribution in [0.3, 0.4) is 0 Å². The van der Waals surface area contributed by atoms with Crippen molar-refractivity contribution < 1.29 is 19.4 Å². The third-order valence-electron chi connectivity index (χ3n) is 4.46. The number of hydrogen-bond donors (Lipinski definition) is 2. The Bertz CT molecular complexity index is 393. The van der Waals surface area contributed by atoms with Crippen LogP contribution in [0.25, 0.3) is 0 Å². The van der Waals surface area contributed by atoms with Crippen LogP contribution in [0.5, 0.6) is 0 Å². The number of carboxylic acid groups (broad SMARTS) is 1. The smallest absolute Gasteiger partial charge is 0.326 e. The summed E-state index contributed by atoms with van der Waals surface area (Å²) in [5.41, 5.74) is 0. The third kappa shape index (κ3) is 3.83. The van der Waals surface area contributed by atoms with Crippen LogP contribution in [0.2, 0.25) is 0 Å². The second-order valence-corrected chi connectivity index (χ2v) is 6.79. The molecular weight excluding hydrogens is 292 g/mol. The number of nitrogens with zero attached hydrogens (tertiary/aromatic N) is 1. The summed E-state index contributed by atoms with van der Waals surface area (Å²) in [4.78, 5) is 25.2. The first-order chi connectivity index (χ1) is 10.1. The van der Waals surface area contributed by atoms with Crippen molar-refractivity contribution in [2.24, 2.45) is 0 Å². The van der Waals surface area contributed by atoms with Crippen LogP contribution in [-0.4, -0.2) is 65.4 Å². The lowest BCUT2D eigenvalue weighted by Gasteiger charge is -2.33. The predicted molar refractivity (Wildman–Crippen MR) is 81.6 cm³/mol. The van der Waals surface area contributed by atoms with Crippen LogP contribution in [0, 0.1) is 0 Å². The van der Waals surface area contributed by atoms with Gasteiger partial charge < -0.3 is 20.1 Å². The molecule has 2 amide bonds. The standard InChI is InChI=1S/C14H24N2O4S/c1-20-9-7-11(13(17)18)16(8-9)14(19)15-10-5-3-4-6-12(10)21-2/h9-12H,3-8H2,1-2H3,(H,15,19)(H,17,18). The Kier molecular flexibility index (Phi) is 5.75. The van der Waals surface area contributed by atoms with Gasteiger partial charge in [0.1, 0.15) is 6.04 Å². The highest BCUT2D eigenvalue weighted by Crippen LogP contribution is 2.28. The lowest BCUT2D eigenvalue weighted by molar-refractivity contribution is -0.141. The van der Waals surface area contributed by atoms with Gasteiger partial charge >= 0.3 is 12.0 Å². The number of carbonyl (C=O) groups is 2. The van der Waals surface area contributed by atoms with E-state index in [1.54, 1.807) is 18.9 Å². The number of thioether (sulfide) groups is 1. The fraction of sp³-hybridized carbons (Fsp3) is 0.857. The highest BCUT2D eigenvalue weighted by Gasteiger charge is 2.40. The monoisotopic (exact) mass is 316 g/mol. The van der Waals surface area contributed by atoms with Gasteiger partial charge in [-0.1, -0.05) is 12.8 Å². The number of aliphatic carboxylic acids is 1. The molecule has 120 valence electrons. The van der Waals surface area contributed by atoms with Crippen LogP contribution < -0.4 is 5.32 Å². The number of methoxy groups -OCH3 is 1. The molecule has 4 atom stereocenters. The number of amides is 2. The van der Waals surface area contributed by atoms with E-state index in [9.17, 15) is 14.7 Å². The molecule has 2 fully saturated rings. The van der Waals surface area contributed by atoms with Gasteiger partial charge in [0.05, 0.1) is 6.10 Å². The van der Waals surface area contributed by atoms with Gasteiger partial charge in [-0.2, -0.15) is 11.8 Å². The van der Waals surface area contributed by atoms with Crippen molar-refractivity contribution in [3.05, 3.63) is 0 Å². The van der Waals surface area contributed by atoms with E-state index in [0.29, 0.717) is 18.2 Å². The number of carbonyl (C=O) groups excluding carboxylic acids is 1. The lowest BCUT2D eigenvalue weighted by atomic mass is 9.95. The lowest BCUT2D eigenvalue weighted by Crippen LogP contribution is -2.52. The Morgan fingerprint density at radius 1 is 1.33 bits per heavy atom. The number of likely N-dealkylation sites (tertiary alicyclic amines) is 1. The van der Waals surface area contributed by atoms with Crippen LogP contribution in [-0.2, 0) is 9.53 Å². The zero-order valence-electron chi connectivity index (χ0n) is 12.6. The first kappa shape index (κ1) is 16.4. The van der Waals surface area contributed by atoms with E-state index in [0.717, 1.165) is 19.3 Å². The molecule has 0 spiro atoms. The normalized spacial score (nSPS) is 33.0. The molecule has 2 rings (SSSR count). The molecule has 2 aliphatic rings. The minimum absolute atomic E-state index is 0.136. The summed E-state index contributed by atoms with van der Waals surface area (Å²) >= 11 is 1.78. The molecule has 1 saturated heterocycles. The van der Waals surface area contributed by atoms with Crippen molar-refractivity contribution in [2.45, 2.75) is 55.5 Å². The Hall–Kier alpha value is -0.950. The van der Waals surface area contributed by atoms with Gasteiger partial charge in [-0.05, 0) is 19.1 Å². The molecule has 1 saturated carbocycles. The van der Waals surface area contributed by atoms with E-state index in [1.807, 2.05) is 0 Å². The number of rotatable bonds is 4. The van der Waals surface area contributed by atoms with Gasteiger partial charge in [0, 0.05) is 31.4 Å². The summed E-state index contributed by atoms with van der Waals surface area (Å²) in [6, 6.07) is -0.920. The largest absolute Gasteiger partial charge is 0.480 e. The molecule has 1 aliphatic heterocycles. The minimum atomic E-state index is -0.963. The van der Waals surface area contributed by atoms with E-state index in [-0.39, 0.29) is 18.2 Å². The quantitative estimate of drug-likeness (QED) is 0.822. The highest BCUT2D eigenvalue weighted by molar-refractivity contribution is 7.99. The summed E-state index contributed by atoms with van der Waals surface area (Å²) in [6.07, 6.45) is 6.61. The Balaban J connectivity index is 1.99. The van der Waals surface area contributed by atoms with Gasteiger partial charge in [-0.3, -0.25) is 0 Å². The molecule has 0 radical (unpaired) electrons. The first-order valence-electron chi connectivity index (χ1n) is 7.42. The summed E-state index contributed by atoms with van der Waals surface area (Å²) in [5.74, 6) is -0.963. The minimum Gasteiger partial charge on any atom is -0.480 e. The molecule has 7 heteroatoms. The SMILES string of the molecule is COC1CC(C(=O)O)N(C(=O)NC2CCCCC2SC)C1. The molecule has 4 unspecified atom stereocenters. The van der Waals surface area contributed by atoms with Crippen LogP contribution in [0.4, 0.5) is 4.79 Å². The van der Waals surface area contributed by atoms with Crippen molar-refractivity contribution in [1.29, 1.82) is 0 Å². The predicted octanol–water partition coefficient (Wildman–Crippen LogP) is 1.54. The molecule has 1 aliphatic carbocycles. The van der Waals surface area contributed by atoms with Gasteiger partial charge in [0.2, 0.25) is 0 Å². The molecular formula is C14H24N2O4S. The van der Waals surface area contributed by atoms with E-state index < -0.39 is 12.0 Å². The average Bonchev–Trinajstić information content (AvgIpc) is 2.92. The van der Waals surface area contributed by atoms with Crippen LogP contribution in [0.15, 0.2) is 0 Å². The summed E-state index contributed by atoms with van der Waals surface area (Å²) in [7, 11) is 1.55. The molecule has 0 bridgehead atoms. The average molecular weight is 316 g/mol. The summed E-state index contributed by atoms with van der Waals surface area (Å²) in [5, 5.41) is 12.7. The molecule has 6 nitrogen and oxygen atoms in total. The zero-order chi connectivity index (χ0) is 15.4. The Morgan fingerprint density at radius 3 is 2.67 bits per heavy atom. The van der Waals surface area contributed by atoms with E-state index >= 15 is 0 Å². The maximum absolute atomic E-state index is 12.4. The van der Waals surface area contributed by atoms with Crippen molar-refractivity contribution in [3.63, 3.8) is 0 Å². The van der Waals surface area contributed by atoms with E-state index in [2.05, 4.69) is 11.6 Å².